The van der Waals surface area contributed by atoms with Crippen LogP contribution in [0.4, 0.5) is 11.5 Å². The molecule has 0 bridgehead atoms. The van der Waals surface area contributed by atoms with Crippen molar-refractivity contribution >= 4 is 34.9 Å². The summed E-state index contributed by atoms with van der Waals surface area (Å²) in [5.41, 5.74) is 6.54. The summed E-state index contributed by atoms with van der Waals surface area (Å²) in [7, 11) is 0. The molecule has 1 fully saturated rings. The maximum absolute atomic E-state index is 5.87. The van der Waals surface area contributed by atoms with Crippen LogP contribution in [0.15, 0.2) is 12.1 Å². The standard InChI is InChI=1S/C12H18ClN3S/c1-2-17-9-4-3-8(7-9)15-12-10(14)5-6-11(13)16-12/h5-6,8-9H,2-4,7,14H2,1H3,(H,15,16). The molecule has 0 saturated heterocycles. The zero-order chi connectivity index (χ0) is 12.3. The molecule has 1 aromatic heterocycles. The lowest BCUT2D eigenvalue weighted by molar-refractivity contribution is 0.752. The van der Waals surface area contributed by atoms with Crippen molar-refractivity contribution in [1.82, 2.24) is 4.98 Å². The second kappa shape index (κ2) is 5.83. The largest absolute Gasteiger partial charge is 0.396 e. The summed E-state index contributed by atoms with van der Waals surface area (Å²) in [6.07, 6.45) is 3.65. The summed E-state index contributed by atoms with van der Waals surface area (Å²) in [4.78, 5) is 4.23. The Morgan fingerprint density at radius 2 is 2.35 bits per heavy atom. The molecule has 1 heterocycles. The van der Waals surface area contributed by atoms with Gasteiger partial charge in [0.1, 0.15) is 5.15 Å². The summed E-state index contributed by atoms with van der Waals surface area (Å²) in [5, 5.41) is 4.67. The molecule has 1 aromatic rings. The summed E-state index contributed by atoms with van der Waals surface area (Å²) >= 11 is 7.91. The number of halogens is 1. The number of nitrogens with zero attached hydrogens (tertiary/aromatic N) is 1. The molecule has 3 N–H and O–H groups in total. The second-order valence-electron chi connectivity index (χ2n) is 4.30. The molecule has 3 nitrogen and oxygen atoms in total. The maximum atomic E-state index is 5.87. The smallest absolute Gasteiger partial charge is 0.151 e. The topological polar surface area (TPSA) is 50.9 Å². The van der Waals surface area contributed by atoms with Crippen molar-refractivity contribution < 1.29 is 0 Å². The monoisotopic (exact) mass is 271 g/mol. The lowest BCUT2D eigenvalue weighted by atomic mass is 10.2. The Morgan fingerprint density at radius 1 is 1.53 bits per heavy atom. The predicted molar refractivity (Wildman–Crippen MR) is 76.8 cm³/mol. The van der Waals surface area contributed by atoms with E-state index in [2.05, 4.69) is 17.2 Å². The lowest BCUT2D eigenvalue weighted by Gasteiger charge is -2.15. The first kappa shape index (κ1) is 12.8. The highest BCUT2D eigenvalue weighted by molar-refractivity contribution is 7.99. The Morgan fingerprint density at radius 3 is 3.12 bits per heavy atom. The van der Waals surface area contributed by atoms with Crippen LogP contribution in [0.3, 0.4) is 0 Å². The molecule has 5 heteroatoms. The summed E-state index contributed by atoms with van der Waals surface area (Å²) in [6, 6.07) is 3.99. The van der Waals surface area contributed by atoms with E-state index in [9.17, 15) is 0 Å². The van der Waals surface area contributed by atoms with E-state index < -0.39 is 0 Å². The van der Waals surface area contributed by atoms with Gasteiger partial charge >= 0.3 is 0 Å². The van der Waals surface area contributed by atoms with Crippen LogP contribution in [0.25, 0.3) is 0 Å². The van der Waals surface area contributed by atoms with Gasteiger partial charge in [-0.2, -0.15) is 11.8 Å². The van der Waals surface area contributed by atoms with Crippen LogP contribution in [0.5, 0.6) is 0 Å². The number of rotatable bonds is 4. The Labute approximate surface area is 112 Å². The fourth-order valence-electron chi connectivity index (χ4n) is 2.21. The van der Waals surface area contributed by atoms with Crippen LogP contribution in [0.2, 0.25) is 5.15 Å². The molecule has 0 spiro atoms. The average molecular weight is 272 g/mol. The molecule has 0 radical (unpaired) electrons. The molecule has 0 aromatic carbocycles. The minimum absolute atomic E-state index is 0.479. The van der Waals surface area contributed by atoms with Gasteiger partial charge in [0.15, 0.2) is 5.82 Å². The molecule has 0 aliphatic heterocycles. The van der Waals surface area contributed by atoms with Gasteiger partial charge in [0.25, 0.3) is 0 Å². The fraction of sp³-hybridized carbons (Fsp3) is 0.583. The normalized spacial score (nSPS) is 23.9. The van der Waals surface area contributed by atoms with E-state index in [0.717, 1.165) is 11.1 Å². The fourth-order valence-corrected chi connectivity index (χ4v) is 3.50. The second-order valence-corrected chi connectivity index (χ2v) is 6.27. The minimum Gasteiger partial charge on any atom is -0.396 e. The van der Waals surface area contributed by atoms with Gasteiger partial charge in [-0.25, -0.2) is 4.98 Å². The molecule has 2 rings (SSSR count). The number of nitrogens with two attached hydrogens (primary N) is 1. The van der Waals surface area contributed by atoms with Crippen LogP contribution in [0, 0.1) is 0 Å². The van der Waals surface area contributed by atoms with Crippen LogP contribution in [-0.2, 0) is 0 Å². The maximum Gasteiger partial charge on any atom is 0.151 e. The van der Waals surface area contributed by atoms with E-state index in [1.165, 1.54) is 25.0 Å². The molecule has 2 unspecified atom stereocenters. The number of pyridine rings is 1. The Balaban J connectivity index is 1.95. The molecule has 1 aliphatic rings. The average Bonchev–Trinajstić information content (AvgIpc) is 2.72. The first-order valence-electron chi connectivity index (χ1n) is 5.99. The minimum atomic E-state index is 0.479. The Bertz CT molecular complexity index is 386. The van der Waals surface area contributed by atoms with E-state index in [1.54, 1.807) is 12.1 Å². The SMILES string of the molecule is CCSC1CCC(Nc2nc(Cl)ccc2N)C1. The first-order valence-corrected chi connectivity index (χ1v) is 7.42. The van der Waals surface area contributed by atoms with Gasteiger partial charge in [-0.05, 0) is 37.1 Å². The van der Waals surface area contributed by atoms with E-state index in [4.69, 9.17) is 17.3 Å². The number of hydrogen-bond donors (Lipinski definition) is 2. The zero-order valence-electron chi connectivity index (χ0n) is 9.95. The van der Waals surface area contributed by atoms with Gasteiger partial charge in [0.05, 0.1) is 5.69 Å². The highest BCUT2D eigenvalue weighted by atomic mass is 35.5. The van der Waals surface area contributed by atoms with E-state index in [1.807, 2.05) is 11.8 Å². The highest BCUT2D eigenvalue weighted by Gasteiger charge is 2.25. The molecule has 2 atom stereocenters. The van der Waals surface area contributed by atoms with E-state index in [0.29, 0.717) is 16.9 Å². The van der Waals surface area contributed by atoms with Gasteiger partial charge in [0, 0.05) is 11.3 Å². The van der Waals surface area contributed by atoms with Crippen molar-refractivity contribution in [2.45, 2.75) is 37.5 Å². The van der Waals surface area contributed by atoms with Crippen molar-refractivity contribution in [3.8, 4) is 0 Å². The van der Waals surface area contributed by atoms with Crippen molar-refractivity contribution in [2.75, 3.05) is 16.8 Å². The number of hydrogen-bond acceptors (Lipinski definition) is 4. The van der Waals surface area contributed by atoms with Crippen molar-refractivity contribution in [1.29, 1.82) is 0 Å². The van der Waals surface area contributed by atoms with Gasteiger partial charge < -0.3 is 11.1 Å². The van der Waals surface area contributed by atoms with Crippen LogP contribution < -0.4 is 11.1 Å². The zero-order valence-corrected chi connectivity index (χ0v) is 11.5. The van der Waals surface area contributed by atoms with Crippen LogP contribution >= 0.6 is 23.4 Å². The number of nitrogen functional groups attached to an aromatic ring is 1. The molecule has 94 valence electrons. The molecule has 1 aliphatic carbocycles. The van der Waals surface area contributed by atoms with Gasteiger partial charge in [-0.1, -0.05) is 18.5 Å². The Kier molecular flexibility index (Phi) is 4.40. The highest BCUT2D eigenvalue weighted by Crippen LogP contribution is 2.32. The van der Waals surface area contributed by atoms with Crippen molar-refractivity contribution in [3.05, 3.63) is 17.3 Å². The predicted octanol–water partition coefficient (Wildman–Crippen LogP) is 3.40. The molecule has 1 saturated carbocycles. The van der Waals surface area contributed by atoms with Crippen molar-refractivity contribution in [2.24, 2.45) is 0 Å². The molecular weight excluding hydrogens is 254 g/mol. The quantitative estimate of drug-likeness (QED) is 0.824. The van der Waals surface area contributed by atoms with E-state index >= 15 is 0 Å². The van der Waals surface area contributed by atoms with Gasteiger partial charge in [-0.15, -0.1) is 0 Å². The number of aromatic nitrogens is 1. The third-order valence-electron chi connectivity index (χ3n) is 3.02. The summed E-state index contributed by atoms with van der Waals surface area (Å²) < 4.78 is 0. The first-order chi connectivity index (χ1) is 8.19. The number of nitrogens with one attached hydrogen (secondary N) is 1. The van der Waals surface area contributed by atoms with Crippen LogP contribution in [-0.4, -0.2) is 22.0 Å². The summed E-state index contributed by atoms with van der Waals surface area (Å²) in [6.45, 7) is 2.21. The summed E-state index contributed by atoms with van der Waals surface area (Å²) in [5.74, 6) is 1.92. The van der Waals surface area contributed by atoms with Gasteiger partial charge in [0.2, 0.25) is 0 Å². The van der Waals surface area contributed by atoms with Crippen molar-refractivity contribution in [3.63, 3.8) is 0 Å². The Hall–Kier alpha value is -0.610. The van der Waals surface area contributed by atoms with E-state index in [-0.39, 0.29) is 0 Å². The third kappa shape index (κ3) is 3.42. The number of thioether (sulfide) groups is 1. The third-order valence-corrected chi connectivity index (χ3v) is 4.46. The number of anilines is 2. The molecular formula is C12H18ClN3S. The molecule has 17 heavy (non-hydrogen) atoms. The van der Waals surface area contributed by atoms with Crippen LogP contribution in [0.1, 0.15) is 26.2 Å². The lowest BCUT2D eigenvalue weighted by Crippen LogP contribution is -2.18. The van der Waals surface area contributed by atoms with Gasteiger partial charge in [-0.3, -0.25) is 0 Å². The molecule has 0 amide bonds.